The highest BCUT2D eigenvalue weighted by Crippen LogP contribution is 2.14. The van der Waals surface area contributed by atoms with Crippen LogP contribution in [-0.4, -0.2) is 7.05 Å². The van der Waals surface area contributed by atoms with Gasteiger partial charge in [0, 0.05) is 5.56 Å². The van der Waals surface area contributed by atoms with Gasteiger partial charge in [-0.25, -0.2) is 4.39 Å². The summed E-state index contributed by atoms with van der Waals surface area (Å²) in [7, 11) is 1.63. The molecule has 3 heteroatoms. The molecule has 1 aromatic rings. The second kappa shape index (κ2) is 3.84. The molecular formula is C9H9FN2. The Kier molecular flexibility index (Phi) is 2.78. The van der Waals surface area contributed by atoms with Crippen molar-refractivity contribution >= 4 is 0 Å². The van der Waals surface area contributed by atoms with E-state index >= 15 is 0 Å². The summed E-state index contributed by atoms with van der Waals surface area (Å²) >= 11 is 0. The average molecular weight is 164 g/mol. The first-order chi connectivity index (χ1) is 5.79. The van der Waals surface area contributed by atoms with Crippen LogP contribution in [0, 0.1) is 17.1 Å². The molecule has 0 aliphatic heterocycles. The van der Waals surface area contributed by atoms with Crippen LogP contribution in [0.2, 0.25) is 0 Å². The minimum Gasteiger partial charge on any atom is -0.301 e. The largest absolute Gasteiger partial charge is 0.301 e. The van der Waals surface area contributed by atoms with Gasteiger partial charge >= 0.3 is 0 Å². The molecule has 12 heavy (non-hydrogen) atoms. The Morgan fingerprint density at radius 3 is 2.67 bits per heavy atom. The number of rotatable bonds is 2. The summed E-state index contributed by atoms with van der Waals surface area (Å²) in [5.41, 5.74) is 0.391. The molecule has 0 radical (unpaired) electrons. The lowest BCUT2D eigenvalue weighted by Crippen LogP contribution is -2.15. The summed E-state index contributed by atoms with van der Waals surface area (Å²) in [6.45, 7) is 0. The molecule has 0 heterocycles. The summed E-state index contributed by atoms with van der Waals surface area (Å²) in [6.07, 6.45) is 0. The molecular weight excluding hydrogens is 155 g/mol. The van der Waals surface area contributed by atoms with E-state index in [9.17, 15) is 4.39 Å². The molecule has 0 fully saturated rings. The zero-order valence-electron chi connectivity index (χ0n) is 6.71. The number of nitriles is 1. The van der Waals surface area contributed by atoms with E-state index in [4.69, 9.17) is 5.26 Å². The molecule has 0 bridgehead atoms. The normalized spacial score (nSPS) is 12.1. The second-order valence-corrected chi connectivity index (χ2v) is 2.37. The molecule has 62 valence electrons. The van der Waals surface area contributed by atoms with Crippen LogP contribution in [0.25, 0.3) is 0 Å². The lowest BCUT2D eigenvalue weighted by Gasteiger charge is -2.07. The molecule has 1 rings (SSSR count). The van der Waals surface area contributed by atoms with Gasteiger partial charge in [0.2, 0.25) is 0 Å². The monoisotopic (exact) mass is 164 g/mol. The Morgan fingerprint density at radius 1 is 1.50 bits per heavy atom. The molecule has 0 aliphatic carbocycles. The van der Waals surface area contributed by atoms with Gasteiger partial charge in [0.15, 0.2) is 0 Å². The fourth-order valence-electron chi connectivity index (χ4n) is 0.999. The Morgan fingerprint density at radius 2 is 2.17 bits per heavy atom. The van der Waals surface area contributed by atoms with Crippen molar-refractivity contribution in [3.8, 4) is 6.07 Å². The van der Waals surface area contributed by atoms with Gasteiger partial charge in [0.25, 0.3) is 0 Å². The Balaban J connectivity index is 3.02. The molecule has 1 aromatic carbocycles. The second-order valence-electron chi connectivity index (χ2n) is 2.37. The van der Waals surface area contributed by atoms with E-state index < -0.39 is 6.04 Å². The van der Waals surface area contributed by atoms with Crippen molar-refractivity contribution in [3.63, 3.8) is 0 Å². The number of hydrogen-bond acceptors (Lipinski definition) is 2. The van der Waals surface area contributed by atoms with Gasteiger partial charge in [-0.15, -0.1) is 0 Å². The number of halogens is 1. The number of hydrogen-bond donors (Lipinski definition) is 1. The van der Waals surface area contributed by atoms with Gasteiger partial charge in [-0.2, -0.15) is 5.26 Å². The predicted octanol–water partition coefficient (Wildman–Crippen LogP) is 1.61. The van der Waals surface area contributed by atoms with Gasteiger partial charge in [-0.3, -0.25) is 0 Å². The molecule has 2 nitrogen and oxygen atoms in total. The Labute approximate surface area is 70.6 Å². The Hall–Kier alpha value is -1.40. The van der Waals surface area contributed by atoms with Gasteiger partial charge in [-0.05, 0) is 13.1 Å². The molecule has 0 aliphatic rings. The zero-order chi connectivity index (χ0) is 8.97. The first-order valence-electron chi connectivity index (χ1n) is 3.61. The molecule has 0 aromatic heterocycles. The summed E-state index contributed by atoms with van der Waals surface area (Å²) in [6, 6.07) is 7.64. The highest BCUT2D eigenvalue weighted by molar-refractivity contribution is 5.25. The zero-order valence-corrected chi connectivity index (χ0v) is 6.71. The molecule has 0 amide bonds. The van der Waals surface area contributed by atoms with E-state index in [0.29, 0.717) is 5.56 Å². The van der Waals surface area contributed by atoms with Crippen molar-refractivity contribution < 1.29 is 4.39 Å². The molecule has 1 N–H and O–H groups in total. The molecule has 0 saturated carbocycles. The topological polar surface area (TPSA) is 35.8 Å². The number of nitrogens with zero attached hydrogens (tertiary/aromatic N) is 1. The summed E-state index contributed by atoms with van der Waals surface area (Å²) in [4.78, 5) is 0. The van der Waals surface area contributed by atoms with Gasteiger partial charge < -0.3 is 5.32 Å². The van der Waals surface area contributed by atoms with Crippen LogP contribution < -0.4 is 5.32 Å². The first kappa shape index (κ1) is 8.69. The van der Waals surface area contributed by atoms with E-state index in [1.807, 2.05) is 6.07 Å². The predicted molar refractivity (Wildman–Crippen MR) is 43.8 cm³/mol. The number of benzene rings is 1. The molecule has 0 unspecified atom stereocenters. The van der Waals surface area contributed by atoms with Crippen molar-refractivity contribution in [1.29, 1.82) is 5.26 Å². The Bertz CT molecular complexity index is 304. The highest BCUT2D eigenvalue weighted by atomic mass is 19.1. The quantitative estimate of drug-likeness (QED) is 0.720. The highest BCUT2D eigenvalue weighted by Gasteiger charge is 2.10. The van der Waals surface area contributed by atoms with Crippen molar-refractivity contribution in [2.75, 3.05) is 7.05 Å². The van der Waals surface area contributed by atoms with Crippen molar-refractivity contribution in [2.45, 2.75) is 6.04 Å². The first-order valence-corrected chi connectivity index (χ1v) is 3.61. The third kappa shape index (κ3) is 1.60. The van der Waals surface area contributed by atoms with Crippen molar-refractivity contribution in [2.24, 2.45) is 0 Å². The average Bonchev–Trinajstić information content (AvgIpc) is 2.10. The lowest BCUT2D eigenvalue weighted by molar-refractivity contribution is 0.585. The van der Waals surface area contributed by atoms with Gasteiger partial charge in [-0.1, -0.05) is 18.2 Å². The van der Waals surface area contributed by atoms with E-state index in [2.05, 4.69) is 5.32 Å². The summed E-state index contributed by atoms with van der Waals surface area (Å²) in [5.74, 6) is -0.349. The third-order valence-electron chi connectivity index (χ3n) is 1.63. The minimum atomic E-state index is -0.564. The standard InChI is InChI=1S/C9H9FN2/c1-12-9(6-11)7-4-2-3-5-8(7)10/h2-5,9,12H,1H3/t9-/m1/s1. The summed E-state index contributed by atoms with van der Waals surface area (Å²) < 4.78 is 13.0. The van der Waals surface area contributed by atoms with Crippen molar-refractivity contribution in [3.05, 3.63) is 35.6 Å². The van der Waals surface area contributed by atoms with Crippen LogP contribution in [0.1, 0.15) is 11.6 Å². The van der Waals surface area contributed by atoms with Crippen LogP contribution in [0.3, 0.4) is 0 Å². The van der Waals surface area contributed by atoms with Crippen LogP contribution in [0.15, 0.2) is 24.3 Å². The van der Waals surface area contributed by atoms with Crippen LogP contribution in [0.4, 0.5) is 4.39 Å². The third-order valence-corrected chi connectivity index (χ3v) is 1.63. The molecule has 0 saturated heterocycles. The maximum Gasteiger partial charge on any atom is 0.129 e. The fourth-order valence-corrected chi connectivity index (χ4v) is 0.999. The molecule has 1 atom stereocenters. The van der Waals surface area contributed by atoms with Crippen LogP contribution in [0.5, 0.6) is 0 Å². The van der Waals surface area contributed by atoms with Crippen molar-refractivity contribution in [1.82, 2.24) is 5.32 Å². The SMILES string of the molecule is CN[C@H](C#N)c1ccccc1F. The summed E-state index contributed by atoms with van der Waals surface area (Å²) in [5, 5.41) is 11.3. The fraction of sp³-hybridized carbons (Fsp3) is 0.222. The molecule has 0 spiro atoms. The lowest BCUT2D eigenvalue weighted by atomic mass is 10.1. The smallest absolute Gasteiger partial charge is 0.129 e. The van der Waals surface area contributed by atoms with Crippen LogP contribution >= 0.6 is 0 Å². The van der Waals surface area contributed by atoms with E-state index in [-0.39, 0.29) is 5.82 Å². The van der Waals surface area contributed by atoms with Gasteiger partial charge in [0.1, 0.15) is 11.9 Å². The van der Waals surface area contributed by atoms with E-state index in [1.54, 1.807) is 25.2 Å². The maximum absolute atomic E-state index is 13.0. The van der Waals surface area contributed by atoms with E-state index in [0.717, 1.165) is 0 Å². The van der Waals surface area contributed by atoms with E-state index in [1.165, 1.54) is 6.07 Å². The van der Waals surface area contributed by atoms with Crippen LogP contribution in [-0.2, 0) is 0 Å². The van der Waals surface area contributed by atoms with Gasteiger partial charge in [0.05, 0.1) is 6.07 Å². The maximum atomic E-state index is 13.0. The number of nitrogens with one attached hydrogen (secondary N) is 1. The minimum absolute atomic E-state index is 0.349.